The van der Waals surface area contributed by atoms with Gasteiger partial charge in [0.2, 0.25) is 11.7 Å². The minimum atomic E-state index is -3.00. The number of rotatable bonds is 8. The van der Waals surface area contributed by atoms with Crippen LogP contribution in [0.4, 0.5) is 14.5 Å². The first-order chi connectivity index (χ1) is 16.4. The predicted octanol–water partition coefficient (Wildman–Crippen LogP) is 4.48. The van der Waals surface area contributed by atoms with Crippen LogP contribution in [0.15, 0.2) is 40.9 Å². The van der Waals surface area contributed by atoms with Gasteiger partial charge in [-0.3, -0.25) is 4.79 Å². The average Bonchev–Trinajstić information content (AvgIpc) is 3.46. The van der Waals surface area contributed by atoms with Gasteiger partial charge in [0.15, 0.2) is 18.1 Å². The van der Waals surface area contributed by atoms with Crippen molar-refractivity contribution in [1.29, 1.82) is 0 Å². The lowest BCUT2D eigenvalue weighted by molar-refractivity contribution is -0.117. The monoisotopic (exact) mass is 493 g/mol. The summed E-state index contributed by atoms with van der Waals surface area (Å²) in [6.07, 6.45) is 1.08. The Morgan fingerprint density at radius 3 is 2.76 bits per heavy atom. The molecule has 1 fully saturated rings. The van der Waals surface area contributed by atoms with E-state index in [1.807, 2.05) is 0 Å². The number of nitrogens with zero attached hydrogens (tertiary/aromatic N) is 3. The number of esters is 1. The molecule has 0 bridgehead atoms. The number of amides is 1. The molecule has 0 radical (unpaired) electrons. The molecule has 2 heterocycles. The van der Waals surface area contributed by atoms with E-state index in [1.54, 1.807) is 6.07 Å². The van der Waals surface area contributed by atoms with Crippen molar-refractivity contribution in [2.24, 2.45) is 0 Å². The van der Waals surface area contributed by atoms with Crippen molar-refractivity contribution in [3.8, 4) is 22.9 Å². The number of carbonyl (C=O) groups is 2. The Labute approximate surface area is 197 Å². The number of benzene rings is 2. The summed E-state index contributed by atoms with van der Waals surface area (Å²) in [6, 6.07) is 8.71. The highest BCUT2D eigenvalue weighted by atomic mass is 35.5. The van der Waals surface area contributed by atoms with Gasteiger partial charge in [0.25, 0.3) is 5.89 Å². The van der Waals surface area contributed by atoms with E-state index in [2.05, 4.69) is 14.9 Å². The summed E-state index contributed by atoms with van der Waals surface area (Å²) in [4.78, 5) is 30.5. The van der Waals surface area contributed by atoms with Crippen LogP contribution in [0, 0.1) is 0 Å². The van der Waals surface area contributed by atoms with Crippen LogP contribution < -0.4 is 14.4 Å². The molecule has 0 spiro atoms. The molecule has 12 heteroatoms. The van der Waals surface area contributed by atoms with Crippen LogP contribution in [-0.2, 0) is 16.1 Å². The summed E-state index contributed by atoms with van der Waals surface area (Å²) in [6.45, 7) is -2.85. The van der Waals surface area contributed by atoms with E-state index in [0.717, 1.165) is 0 Å². The summed E-state index contributed by atoms with van der Waals surface area (Å²) >= 11 is 6.06. The highest BCUT2D eigenvalue weighted by Crippen LogP contribution is 2.33. The Bertz CT molecular complexity index is 1220. The molecule has 0 unspecified atom stereocenters. The minimum Gasteiger partial charge on any atom is -0.493 e. The molecule has 1 aliphatic heterocycles. The molecule has 1 amide bonds. The van der Waals surface area contributed by atoms with E-state index in [9.17, 15) is 18.4 Å². The summed E-state index contributed by atoms with van der Waals surface area (Å²) in [5.74, 6) is -0.748. The first-order valence-electron chi connectivity index (χ1n) is 10.1. The number of hydrogen-bond donors (Lipinski definition) is 0. The number of methoxy groups -OCH3 is 1. The minimum absolute atomic E-state index is 0.00277. The molecule has 1 aliphatic rings. The number of aromatic nitrogens is 2. The first kappa shape index (κ1) is 23.4. The van der Waals surface area contributed by atoms with Crippen molar-refractivity contribution in [3.05, 3.63) is 52.9 Å². The van der Waals surface area contributed by atoms with Crippen molar-refractivity contribution in [2.45, 2.75) is 26.1 Å². The Morgan fingerprint density at radius 1 is 1.24 bits per heavy atom. The van der Waals surface area contributed by atoms with E-state index < -0.39 is 12.6 Å². The van der Waals surface area contributed by atoms with Gasteiger partial charge in [-0.25, -0.2) is 4.79 Å². The smallest absolute Gasteiger partial charge is 0.387 e. The molecule has 178 valence electrons. The largest absolute Gasteiger partial charge is 0.493 e. The van der Waals surface area contributed by atoms with Gasteiger partial charge in [0.05, 0.1) is 18.4 Å². The summed E-state index contributed by atoms with van der Waals surface area (Å²) in [7, 11) is 1.30. The molecule has 4 rings (SSSR count). The third-order valence-corrected chi connectivity index (χ3v) is 5.21. The van der Waals surface area contributed by atoms with E-state index >= 15 is 0 Å². The molecule has 2 aromatic carbocycles. The van der Waals surface area contributed by atoms with Gasteiger partial charge in [0, 0.05) is 23.6 Å². The maximum Gasteiger partial charge on any atom is 0.387 e. The molecule has 0 saturated carbocycles. The third kappa shape index (κ3) is 5.09. The number of alkyl halides is 2. The standard InChI is InChI=1S/C22H18ClF2N3O6/c1-31-17-9-12(4-7-16(17)33-22(24)25)20-26-18(34-27-20)11-32-21(30)14-6-5-13(23)10-15(14)28-8-2-3-19(28)29/h4-7,9-10,22H,2-3,8,11H2,1H3. The second-order valence-corrected chi connectivity index (χ2v) is 7.58. The van der Waals surface area contributed by atoms with Gasteiger partial charge in [0.1, 0.15) is 0 Å². The Morgan fingerprint density at radius 2 is 2.06 bits per heavy atom. The van der Waals surface area contributed by atoms with Crippen molar-refractivity contribution in [3.63, 3.8) is 0 Å². The zero-order valence-electron chi connectivity index (χ0n) is 17.8. The van der Waals surface area contributed by atoms with Crippen LogP contribution in [0.25, 0.3) is 11.4 Å². The molecule has 9 nitrogen and oxygen atoms in total. The molecule has 34 heavy (non-hydrogen) atoms. The maximum atomic E-state index is 12.7. The van der Waals surface area contributed by atoms with E-state index in [1.165, 1.54) is 42.3 Å². The third-order valence-electron chi connectivity index (χ3n) is 4.98. The molecule has 1 aromatic heterocycles. The van der Waals surface area contributed by atoms with E-state index in [0.29, 0.717) is 35.7 Å². The second kappa shape index (κ2) is 10.0. The molecule has 3 aromatic rings. The fraction of sp³-hybridized carbons (Fsp3) is 0.273. The molecule has 0 atom stereocenters. The van der Waals surface area contributed by atoms with E-state index in [-0.39, 0.29) is 41.3 Å². The first-order valence-corrected chi connectivity index (χ1v) is 10.5. The lowest BCUT2D eigenvalue weighted by Gasteiger charge is -2.19. The normalized spacial score (nSPS) is 13.4. The maximum absolute atomic E-state index is 12.7. The number of anilines is 1. The van der Waals surface area contributed by atoms with Crippen molar-refractivity contribution >= 4 is 29.2 Å². The zero-order chi connectivity index (χ0) is 24.2. The van der Waals surface area contributed by atoms with Gasteiger partial charge in [-0.15, -0.1) is 0 Å². The number of halogens is 3. The topological polar surface area (TPSA) is 104 Å². The molecule has 0 N–H and O–H groups in total. The SMILES string of the molecule is COc1cc(-c2noc(COC(=O)c3ccc(Cl)cc3N3CCCC3=O)n2)ccc1OC(F)F. The highest BCUT2D eigenvalue weighted by Gasteiger charge is 2.27. The molecular weight excluding hydrogens is 476 g/mol. The van der Waals surface area contributed by atoms with Crippen molar-refractivity contribution in [2.75, 3.05) is 18.6 Å². The van der Waals surface area contributed by atoms with Gasteiger partial charge in [-0.2, -0.15) is 13.8 Å². The summed E-state index contributed by atoms with van der Waals surface area (Å²) < 4.78 is 44.9. The van der Waals surface area contributed by atoms with Crippen LogP contribution in [0.3, 0.4) is 0 Å². The second-order valence-electron chi connectivity index (χ2n) is 7.14. The zero-order valence-corrected chi connectivity index (χ0v) is 18.6. The van der Waals surface area contributed by atoms with Crippen LogP contribution >= 0.6 is 11.6 Å². The number of hydrogen-bond acceptors (Lipinski definition) is 8. The van der Waals surface area contributed by atoms with Gasteiger partial charge < -0.3 is 23.6 Å². The van der Waals surface area contributed by atoms with Gasteiger partial charge in [-0.1, -0.05) is 16.8 Å². The fourth-order valence-electron chi connectivity index (χ4n) is 3.44. The Kier molecular flexibility index (Phi) is 6.92. The van der Waals surface area contributed by atoms with E-state index in [4.69, 9.17) is 25.6 Å². The number of ether oxygens (including phenoxy) is 3. The van der Waals surface area contributed by atoms with Crippen LogP contribution in [0.2, 0.25) is 5.02 Å². The summed E-state index contributed by atoms with van der Waals surface area (Å²) in [5, 5.41) is 4.20. The molecular formula is C22H18ClF2N3O6. The van der Waals surface area contributed by atoms with Crippen molar-refractivity contribution in [1.82, 2.24) is 10.1 Å². The van der Waals surface area contributed by atoms with Crippen LogP contribution in [0.5, 0.6) is 11.5 Å². The fourth-order valence-corrected chi connectivity index (χ4v) is 3.61. The van der Waals surface area contributed by atoms with Gasteiger partial charge >= 0.3 is 12.6 Å². The van der Waals surface area contributed by atoms with Crippen LogP contribution in [-0.4, -0.2) is 42.3 Å². The molecule has 1 saturated heterocycles. The Hall–Kier alpha value is -3.73. The molecule has 0 aliphatic carbocycles. The highest BCUT2D eigenvalue weighted by molar-refractivity contribution is 6.31. The predicted molar refractivity (Wildman–Crippen MR) is 115 cm³/mol. The van der Waals surface area contributed by atoms with Crippen LogP contribution in [0.1, 0.15) is 29.1 Å². The van der Waals surface area contributed by atoms with Gasteiger partial charge in [-0.05, 0) is 42.8 Å². The Balaban J connectivity index is 1.47. The lowest BCUT2D eigenvalue weighted by atomic mass is 10.1. The lowest BCUT2D eigenvalue weighted by Crippen LogP contribution is -2.26. The number of carbonyl (C=O) groups excluding carboxylic acids is 2. The average molecular weight is 494 g/mol. The summed E-state index contributed by atoms with van der Waals surface area (Å²) in [5.41, 5.74) is 0.968. The van der Waals surface area contributed by atoms with Crippen molar-refractivity contribution < 1.29 is 37.1 Å². The quantitative estimate of drug-likeness (QED) is 0.423.